The molecular weight excluding hydrogens is 228 g/mol. The Hall–Kier alpha value is -1.23. The van der Waals surface area contributed by atoms with Crippen LogP contribution in [0.2, 0.25) is 5.02 Å². The van der Waals surface area contributed by atoms with Crippen LogP contribution in [0.25, 0.3) is 0 Å². The van der Waals surface area contributed by atoms with E-state index >= 15 is 0 Å². The summed E-state index contributed by atoms with van der Waals surface area (Å²) >= 11 is 5.77. The van der Waals surface area contributed by atoms with Crippen LogP contribution in [0.1, 0.15) is 26.8 Å². The zero-order valence-corrected chi connectivity index (χ0v) is 10.5. The first-order chi connectivity index (χ1) is 7.41. The molecule has 1 unspecified atom stereocenters. The summed E-state index contributed by atoms with van der Waals surface area (Å²) < 4.78 is 1.47. The van der Waals surface area contributed by atoms with Crippen molar-refractivity contribution in [2.24, 2.45) is 5.92 Å². The van der Waals surface area contributed by atoms with Gasteiger partial charge < -0.3 is 11.1 Å². The molecule has 0 fully saturated rings. The maximum absolute atomic E-state index is 11.7. The van der Waals surface area contributed by atoms with Crippen molar-refractivity contribution in [1.29, 1.82) is 0 Å². The van der Waals surface area contributed by atoms with Gasteiger partial charge in [0.25, 0.3) is 0 Å². The lowest BCUT2D eigenvalue weighted by Gasteiger charge is -2.13. The normalized spacial score (nSPS) is 12.8. The van der Waals surface area contributed by atoms with E-state index in [9.17, 15) is 4.79 Å². The Balaban J connectivity index is 2.63. The quantitative estimate of drug-likeness (QED) is 0.842. The molecule has 1 aromatic heterocycles. The van der Waals surface area contributed by atoms with E-state index in [4.69, 9.17) is 17.3 Å². The highest BCUT2D eigenvalue weighted by atomic mass is 35.5. The summed E-state index contributed by atoms with van der Waals surface area (Å²) in [4.78, 5) is 11.7. The summed E-state index contributed by atoms with van der Waals surface area (Å²) in [5.74, 6) is 0.570. The fourth-order valence-electron chi connectivity index (χ4n) is 1.15. The predicted molar refractivity (Wildman–Crippen MR) is 64.2 cm³/mol. The Morgan fingerprint density at radius 3 is 2.69 bits per heavy atom. The lowest BCUT2D eigenvalue weighted by Crippen LogP contribution is -2.33. The average Bonchev–Trinajstić information content (AvgIpc) is 2.54. The molecule has 3 N–H and O–H groups in total. The van der Waals surface area contributed by atoms with Crippen LogP contribution >= 0.6 is 11.6 Å². The molecule has 1 amide bonds. The molecule has 0 saturated heterocycles. The molecule has 0 saturated carbocycles. The van der Waals surface area contributed by atoms with Crippen molar-refractivity contribution in [1.82, 2.24) is 15.1 Å². The van der Waals surface area contributed by atoms with Gasteiger partial charge in [0.1, 0.15) is 11.1 Å². The highest BCUT2D eigenvalue weighted by molar-refractivity contribution is 6.32. The minimum absolute atomic E-state index is 0.0899. The second-order valence-corrected chi connectivity index (χ2v) is 4.56. The smallest absolute Gasteiger partial charge is 0.244 e. The van der Waals surface area contributed by atoms with E-state index in [-0.39, 0.29) is 11.7 Å². The number of nitrogens with zero attached hydrogens (tertiary/aromatic N) is 2. The van der Waals surface area contributed by atoms with Crippen molar-refractivity contribution >= 4 is 23.3 Å². The molecule has 6 heteroatoms. The third-order valence-electron chi connectivity index (χ3n) is 2.17. The van der Waals surface area contributed by atoms with E-state index in [0.29, 0.717) is 17.5 Å². The Labute approximate surface area is 99.9 Å². The molecule has 1 aromatic rings. The van der Waals surface area contributed by atoms with Crippen LogP contribution in [-0.4, -0.2) is 22.2 Å². The first-order valence-electron chi connectivity index (χ1n) is 5.19. The first-order valence-corrected chi connectivity index (χ1v) is 5.57. The molecule has 0 radical (unpaired) electrons. The van der Waals surface area contributed by atoms with Gasteiger partial charge in [-0.3, -0.25) is 9.48 Å². The maximum Gasteiger partial charge on any atom is 0.244 e. The van der Waals surface area contributed by atoms with Crippen LogP contribution in [0, 0.1) is 5.92 Å². The van der Waals surface area contributed by atoms with Crippen LogP contribution in [0.15, 0.2) is 6.20 Å². The second-order valence-electron chi connectivity index (χ2n) is 4.16. The van der Waals surface area contributed by atoms with Gasteiger partial charge >= 0.3 is 0 Å². The van der Waals surface area contributed by atoms with E-state index in [1.54, 1.807) is 13.1 Å². The molecule has 90 valence electrons. The van der Waals surface area contributed by atoms with E-state index < -0.39 is 6.04 Å². The molecule has 5 nitrogen and oxygen atoms in total. The molecule has 0 bridgehead atoms. The largest absolute Gasteiger partial charge is 0.381 e. The van der Waals surface area contributed by atoms with Gasteiger partial charge in [0, 0.05) is 12.7 Å². The molecule has 1 atom stereocenters. The van der Waals surface area contributed by atoms with Gasteiger partial charge in [0.05, 0.1) is 0 Å². The lowest BCUT2D eigenvalue weighted by molar-refractivity contribution is -0.124. The van der Waals surface area contributed by atoms with Gasteiger partial charge in [0.15, 0.2) is 5.82 Å². The number of nitrogen functional groups attached to an aromatic ring is 1. The number of rotatable bonds is 4. The maximum atomic E-state index is 11.7. The number of amides is 1. The van der Waals surface area contributed by atoms with Crippen LogP contribution in [0.3, 0.4) is 0 Å². The van der Waals surface area contributed by atoms with Crippen LogP contribution < -0.4 is 11.1 Å². The SMILES string of the molecule is CC(C)CNC(=O)C(C)n1cc(Cl)c(N)n1. The number of hydrogen-bond acceptors (Lipinski definition) is 3. The number of carbonyl (C=O) groups is 1. The average molecular weight is 245 g/mol. The van der Waals surface area contributed by atoms with Crippen LogP contribution in [-0.2, 0) is 4.79 Å². The fraction of sp³-hybridized carbons (Fsp3) is 0.600. The lowest BCUT2D eigenvalue weighted by atomic mass is 10.2. The number of halogens is 1. The molecular formula is C10H17ClN4O. The van der Waals surface area contributed by atoms with Gasteiger partial charge in [-0.2, -0.15) is 5.10 Å². The van der Waals surface area contributed by atoms with Crippen molar-refractivity contribution in [2.45, 2.75) is 26.8 Å². The summed E-state index contributed by atoms with van der Waals surface area (Å²) in [6, 6.07) is -0.409. The Morgan fingerprint density at radius 1 is 1.62 bits per heavy atom. The topological polar surface area (TPSA) is 72.9 Å². The standard InChI is InChI=1S/C10H17ClN4O/c1-6(2)4-13-10(16)7(3)15-5-8(11)9(12)14-15/h5-7H,4H2,1-3H3,(H2,12,14)(H,13,16). The van der Waals surface area contributed by atoms with Crippen LogP contribution in [0.4, 0.5) is 5.82 Å². The highest BCUT2D eigenvalue weighted by Crippen LogP contribution is 2.18. The number of nitrogens with one attached hydrogen (secondary N) is 1. The van der Waals surface area contributed by atoms with Crippen molar-refractivity contribution in [3.05, 3.63) is 11.2 Å². The van der Waals surface area contributed by atoms with Gasteiger partial charge in [-0.05, 0) is 12.8 Å². The fourth-order valence-corrected chi connectivity index (χ4v) is 1.29. The van der Waals surface area contributed by atoms with E-state index in [1.807, 2.05) is 13.8 Å². The third kappa shape index (κ3) is 3.13. The zero-order chi connectivity index (χ0) is 12.3. The second kappa shape index (κ2) is 5.21. The van der Waals surface area contributed by atoms with Crippen molar-refractivity contribution in [2.75, 3.05) is 12.3 Å². The summed E-state index contributed by atoms with van der Waals surface area (Å²) in [7, 11) is 0. The molecule has 0 aliphatic heterocycles. The molecule has 0 spiro atoms. The van der Waals surface area contributed by atoms with Crippen LogP contribution in [0.5, 0.6) is 0 Å². The Bertz CT molecular complexity index is 355. The minimum Gasteiger partial charge on any atom is -0.381 e. The number of aromatic nitrogens is 2. The number of nitrogens with two attached hydrogens (primary N) is 1. The van der Waals surface area contributed by atoms with Gasteiger partial charge in [-0.15, -0.1) is 0 Å². The molecule has 0 aliphatic rings. The number of hydrogen-bond donors (Lipinski definition) is 2. The Kier molecular flexibility index (Phi) is 4.18. The van der Waals surface area contributed by atoms with E-state index in [1.165, 1.54) is 4.68 Å². The molecule has 0 aromatic carbocycles. The summed E-state index contributed by atoms with van der Waals surface area (Å²) in [6.45, 7) is 6.47. The predicted octanol–water partition coefficient (Wildman–Crippen LogP) is 1.45. The summed E-state index contributed by atoms with van der Waals surface area (Å²) in [5.41, 5.74) is 5.51. The van der Waals surface area contributed by atoms with Gasteiger partial charge in [-0.25, -0.2) is 0 Å². The number of anilines is 1. The van der Waals surface area contributed by atoms with Crippen molar-refractivity contribution in [3.63, 3.8) is 0 Å². The van der Waals surface area contributed by atoms with Gasteiger partial charge in [0.2, 0.25) is 5.91 Å². The highest BCUT2D eigenvalue weighted by Gasteiger charge is 2.17. The minimum atomic E-state index is -0.409. The zero-order valence-electron chi connectivity index (χ0n) is 9.70. The van der Waals surface area contributed by atoms with E-state index in [2.05, 4.69) is 10.4 Å². The Morgan fingerprint density at radius 2 is 2.25 bits per heavy atom. The molecule has 0 aliphatic carbocycles. The van der Waals surface area contributed by atoms with Crippen molar-refractivity contribution in [3.8, 4) is 0 Å². The molecule has 16 heavy (non-hydrogen) atoms. The summed E-state index contributed by atoms with van der Waals surface area (Å²) in [6.07, 6.45) is 1.55. The van der Waals surface area contributed by atoms with Gasteiger partial charge in [-0.1, -0.05) is 25.4 Å². The molecule has 1 heterocycles. The monoisotopic (exact) mass is 244 g/mol. The summed E-state index contributed by atoms with van der Waals surface area (Å²) in [5, 5.41) is 7.15. The first kappa shape index (κ1) is 12.8. The van der Waals surface area contributed by atoms with Crippen molar-refractivity contribution < 1.29 is 4.79 Å². The molecule has 1 rings (SSSR count). The third-order valence-corrected chi connectivity index (χ3v) is 2.47. The van der Waals surface area contributed by atoms with E-state index in [0.717, 1.165) is 0 Å². The number of carbonyl (C=O) groups excluding carboxylic acids is 1.